The summed E-state index contributed by atoms with van der Waals surface area (Å²) in [6.45, 7) is 1.35. The first-order valence-corrected chi connectivity index (χ1v) is 4.80. The SMILES string of the molecule is CONC(=O)[C@@H]1CC=C[C@H](OC(C)=O)C1. The molecule has 5 heteroatoms. The molecule has 1 amide bonds. The van der Waals surface area contributed by atoms with Crippen LogP contribution in [0.2, 0.25) is 0 Å². The van der Waals surface area contributed by atoms with Gasteiger partial charge in [0.1, 0.15) is 6.10 Å². The molecule has 1 rings (SSSR count). The van der Waals surface area contributed by atoms with E-state index in [0.717, 1.165) is 0 Å². The first kappa shape index (κ1) is 11.7. The summed E-state index contributed by atoms with van der Waals surface area (Å²) in [7, 11) is 1.39. The maximum atomic E-state index is 11.4. The monoisotopic (exact) mass is 213 g/mol. The zero-order valence-electron chi connectivity index (χ0n) is 8.86. The first-order chi connectivity index (χ1) is 7.13. The van der Waals surface area contributed by atoms with Crippen molar-refractivity contribution in [2.45, 2.75) is 25.9 Å². The molecule has 5 nitrogen and oxygen atoms in total. The predicted molar refractivity (Wildman–Crippen MR) is 52.6 cm³/mol. The number of allylic oxidation sites excluding steroid dienone is 1. The normalized spacial score (nSPS) is 24.7. The zero-order valence-corrected chi connectivity index (χ0v) is 8.86. The van der Waals surface area contributed by atoms with Crippen molar-refractivity contribution in [3.63, 3.8) is 0 Å². The largest absolute Gasteiger partial charge is 0.458 e. The van der Waals surface area contributed by atoms with Crippen LogP contribution < -0.4 is 5.48 Å². The second-order valence-corrected chi connectivity index (χ2v) is 3.41. The molecule has 0 aromatic heterocycles. The molecule has 0 unspecified atom stereocenters. The molecule has 1 N–H and O–H groups in total. The van der Waals surface area contributed by atoms with E-state index in [1.807, 2.05) is 6.08 Å². The van der Waals surface area contributed by atoms with E-state index in [0.29, 0.717) is 12.8 Å². The maximum Gasteiger partial charge on any atom is 0.303 e. The Morgan fingerprint density at radius 2 is 2.20 bits per heavy atom. The minimum atomic E-state index is -0.336. The molecule has 0 aromatic rings. The van der Waals surface area contributed by atoms with Gasteiger partial charge in [0.15, 0.2) is 0 Å². The summed E-state index contributed by atoms with van der Waals surface area (Å²) in [5.74, 6) is -0.712. The van der Waals surface area contributed by atoms with Gasteiger partial charge >= 0.3 is 5.97 Å². The van der Waals surface area contributed by atoms with Crippen LogP contribution in [-0.4, -0.2) is 25.1 Å². The highest BCUT2D eigenvalue weighted by Crippen LogP contribution is 2.21. The van der Waals surface area contributed by atoms with Crippen LogP contribution in [0.5, 0.6) is 0 Å². The summed E-state index contributed by atoms with van der Waals surface area (Å²) in [6, 6.07) is 0. The Bertz CT molecular complexity index is 275. The van der Waals surface area contributed by atoms with Gasteiger partial charge in [0.2, 0.25) is 5.91 Å². The fraction of sp³-hybridized carbons (Fsp3) is 0.600. The van der Waals surface area contributed by atoms with Crippen LogP contribution in [0, 0.1) is 5.92 Å². The average Bonchev–Trinajstić information content (AvgIpc) is 2.17. The number of carbonyl (C=O) groups excluding carboxylic acids is 2. The Morgan fingerprint density at radius 1 is 1.47 bits per heavy atom. The number of hydrogen-bond donors (Lipinski definition) is 1. The number of hydroxylamine groups is 1. The average molecular weight is 213 g/mol. The van der Waals surface area contributed by atoms with Crippen LogP contribution in [0.25, 0.3) is 0 Å². The fourth-order valence-corrected chi connectivity index (χ4v) is 1.55. The van der Waals surface area contributed by atoms with Crippen LogP contribution in [-0.2, 0) is 19.2 Å². The molecule has 1 aliphatic rings. The number of rotatable bonds is 3. The van der Waals surface area contributed by atoms with Gasteiger partial charge in [-0.25, -0.2) is 5.48 Å². The molecule has 0 saturated carbocycles. The van der Waals surface area contributed by atoms with Gasteiger partial charge in [-0.1, -0.05) is 6.08 Å². The van der Waals surface area contributed by atoms with Crippen molar-refractivity contribution in [1.29, 1.82) is 0 Å². The molecule has 0 aliphatic heterocycles. The molecule has 1 aliphatic carbocycles. The van der Waals surface area contributed by atoms with E-state index in [-0.39, 0.29) is 23.9 Å². The van der Waals surface area contributed by atoms with E-state index in [4.69, 9.17) is 4.74 Å². The smallest absolute Gasteiger partial charge is 0.303 e. The first-order valence-electron chi connectivity index (χ1n) is 4.80. The summed E-state index contributed by atoms with van der Waals surface area (Å²) >= 11 is 0. The summed E-state index contributed by atoms with van der Waals surface area (Å²) in [5.41, 5.74) is 2.28. The van der Waals surface area contributed by atoms with E-state index < -0.39 is 0 Å². The molecule has 0 saturated heterocycles. The van der Waals surface area contributed by atoms with Gasteiger partial charge in [-0.3, -0.25) is 14.4 Å². The predicted octanol–water partition coefficient (Wildman–Crippen LogP) is 0.562. The van der Waals surface area contributed by atoms with Crippen LogP contribution in [0.15, 0.2) is 12.2 Å². The van der Waals surface area contributed by atoms with Crippen molar-refractivity contribution in [1.82, 2.24) is 5.48 Å². The van der Waals surface area contributed by atoms with Gasteiger partial charge in [0.25, 0.3) is 0 Å². The number of hydrogen-bond acceptors (Lipinski definition) is 4. The van der Waals surface area contributed by atoms with Crippen LogP contribution >= 0.6 is 0 Å². The van der Waals surface area contributed by atoms with E-state index in [9.17, 15) is 9.59 Å². The Morgan fingerprint density at radius 3 is 2.80 bits per heavy atom. The third-order valence-electron chi connectivity index (χ3n) is 2.18. The Kier molecular flexibility index (Phi) is 4.30. The third-order valence-corrected chi connectivity index (χ3v) is 2.18. The highest BCUT2D eigenvalue weighted by Gasteiger charge is 2.25. The summed E-state index contributed by atoms with van der Waals surface area (Å²) in [4.78, 5) is 26.7. The van der Waals surface area contributed by atoms with Gasteiger partial charge in [0, 0.05) is 19.3 Å². The molecule has 15 heavy (non-hydrogen) atoms. The molecular formula is C10H15NO4. The Labute approximate surface area is 88.4 Å². The zero-order chi connectivity index (χ0) is 11.3. The Hall–Kier alpha value is -1.36. The number of nitrogens with one attached hydrogen (secondary N) is 1. The molecule has 84 valence electrons. The number of carbonyl (C=O) groups is 2. The standard InChI is InChI=1S/C10H15NO4/c1-7(12)15-9-5-3-4-8(6-9)10(13)11-14-2/h3,5,8-9H,4,6H2,1-2H3,(H,11,13)/t8-,9+/m1/s1. The van der Waals surface area contributed by atoms with Crippen molar-refractivity contribution in [3.8, 4) is 0 Å². The quantitative estimate of drug-likeness (QED) is 0.422. The van der Waals surface area contributed by atoms with E-state index in [2.05, 4.69) is 10.3 Å². The molecule has 0 fully saturated rings. The van der Waals surface area contributed by atoms with Gasteiger partial charge in [-0.15, -0.1) is 0 Å². The van der Waals surface area contributed by atoms with Crippen molar-refractivity contribution in [2.24, 2.45) is 5.92 Å². The van der Waals surface area contributed by atoms with Crippen molar-refractivity contribution in [2.75, 3.05) is 7.11 Å². The number of amides is 1. The lowest BCUT2D eigenvalue weighted by Gasteiger charge is -2.23. The molecule has 0 bridgehead atoms. The van der Waals surface area contributed by atoms with Gasteiger partial charge in [0.05, 0.1) is 7.11 Å². The summed E-state index contributed by atoms with van der Waals surface area (Å²) in [5, 5.41) is 0. The molecule has 2 atom stereocenters. The molecule has 0 radical (unpaired) electrons. The lowest BCUT2D eigenvalue weighted by molar-refractivity contribution is -0.147. The minimum absolute atomic E-state index is 0.181. The second kappa shape index (κ2) is 5.50. The van der Waals surface area contributed by atoms with Crippen LogP contribution in [0.4, 0.5) is 0 Å². The topological polar surface area (TPSA) is 64.6 Å². The highest BCUT2D eigenvalue weighted by atomic mass is 16.6. The van der Waals surface area contributed by atoms with E-state index >= 15 is 0 Å². The molecule has 0 aromatic carbocycles. The van der Waals surface area contributed by atoms with Gasteiger partial charge < -0.3 is 4.74 Å². The summed E-state index contributed by atoms with van der Waals surface area (Å²) in [6.07, 6.45) is 4.50. The van der Waals surface area contributed by atoms with Crippen LogP contribution in [0.1, 0.15) is 19.8 Å². The number of esters is 1. The third kappa shape index (κ3) is 3.71. The second-order valence-electron chi connectivity index (χ2n) is 3.41. The fourth-order valence-electron chi connectivity index (χ4n) is 1.55. The molecule has 0 spiro atoms. The van der Waals surface area contributed by atoms with E-state index in [1.54, 1.807) is 6.08 Å². The summed E-state index contributed by atoms with van der Waals surface area (Å²) < 4.78 is 5.00. The number of ether oxygens (including phenoxy) is 1. The molecular weight excluding hydrogens is 198 g/mol. The maximum absolute atomic E-state index is 11.4. The lowest BCUT2D eigenvalue weighted by atomic mass is 9.92. The lowest BCUT2D eigenvalue weighted by Crippen LogP contribution is -2.34. The van der Waals surface area contributed by atoms with Crippen molar-refractivity contribution >= 4 is 11.9 Å². The van der Waals surface area contributed by atoms with Gasteiger partial charge in [-0.05, 0) is 12.5 Å². The van der Waals surface area contributed by atoms with Gasteiger partial charge in [-0.2, -0.15) is 0 Å². The van der Waals surface area contributed by atoms with Crippen molar-refractivity contribution in [3.05, 3.63) is 12.2 Å². The minimum Gasteiger partial charge on any atom is -0.458 e. The molecule has 0 heterocycles. The van der Waals surface area contributed by atoms with Crippen LogP contribution in [0.3, 0.4) is 0 Å². The van der Waals surface area contributed by atoms with Crippen molar-refractivity contribution < 1.29 is 19.2 Å². The van der Waals surface area contributed by atoms with E-state index in [1.165, 1.54) is 14.0 Å². The highest BCUT2D eigenvalue weighted by molar-refractivity contribution is 5.78. The Balaban J connectivity index is 2.48.